The Morgan fingerprint density at radius 1 is 1.26 bits per heavy atom. The quantitative estimate of drug-likeness (QED) is 0.777. The van der Waals surface area contributed by atoms with Gasteiger partial charge in [-0.1, -0.05) is 13.5 Å². The SMILES string of the molecule is C=C(CC)c1cc2c(cc1C(=O)OC)-c1cc(F)ccc1OC2. The number of esters is 1. The van der Waals surface area contributed by atoms with E-state index in [1.165, 1.54) is 19.2 Å². The first-order valence-corrected chi connectivity index (χ1v) is 7.41. The lowest BCUT2D eigenvalue weighted by Crippen LogP contribution is -2.11. The summed E-state index contributed by atoms with van der Waals surface area (Å²) in [6, 6.07) is 8.02. The van der Waals surface area contributed by atoms with E-state index in [1.54, 1.807) is 12.1 Å². The number of hydrogen-bond donors (Lipinski definition) is 0. The van der Waals surface area contributed by atoms with Crippen molar-refractivity contribution in [2.75, 3.05) is 7.11 Å². The first-order chi connectivity index (χ1) is 11.0. The Labute approximate surface area is 134 Å². The van der Waals surface area contributed by atoms with Gasteiger partial charge in [-0.05, 0) is 59.0 Å². The molecule has 0 unspecified atom stereocenters. The molecule has 2 aromatic rings. The van der Waals surface area contributed by atoms with Crippen molar-refractivity contribution in [2.45, 2.75) is 20.0 Å². The fraction of sp³-hybridized carbons (Fsp3) is 0.211. The van der Waals surface area contributed by atoms with Gasteiger partial charge in [0, 0.05) is 5.56 Å². The number of methoxy groups -OCH3 is 1. The molecule has 0 atom stereocenters. The second-order valence-electron chi connectivity index (χ2n) is 5.43. The summed E-state index contributed by atoms with van der Waals surface area (Å²) in [4.78, 5) is 12.2. The van der Waals surface area contributed by atoms with Crippen LogP contribution >= 0.6 is 0 Å². The van der Waals surface area contributed by atoms with Crippen LogP contribution in [0.25, 0.3) is 16.7 Å². The number of benzene rings is 2. The van der Waals surface area contributed by atoms with E-state index in [1.807, 2.05) is 13.0 Å². The second kappa shape index (κ2) is 5.88. The number of carbonyl (C=O) groups is 1. The molecule has 2 aromatic carbocycles. The van der Waals surface area contributed by atoms with Gasteiger partial charge in [-0.2, -0.15) is 0 Å². The highest BCUT2D eigenvalue weighted by molar-refractivity contribution is 5.97. The third-order valence-corrected chi connectivity index (χ3v) is 4.07. The molecule has 1 aliphatic heterocycles. The smallest absolute Gasteiger partial charge is 0.338 e. The largest absolute Gasteiger partial charge is 0.488 e. The minimum atomic E-state index is -0.429. The molecule has 0 spiro atoms. The first kappa shape index (κ1) is 15.3. The van der Waals surface area contributed by atoms with Gasteiger partial charge in [-0.25, -0.2) is 9.18 Å². The van der Waals surface area contributed by atoms with Gasteiger partial charge < -0.3 is 9.47 Å². The van der Waals surface area contributed by atoms with Crippen LogP contribution in [0.5, 0.6) is 5.75 Å². The third kappa shape index (κ3) is 2.61. The second-order valence-corrected chi connectivity index (χ2v) is 5.43. The number of carbonyl (C=O) groups excluding carboxylic acids is 1. The van der Waals surface area contributed by atoms with E-state index >= 15 is 0 Å². The van der Waals surface area contributed by atoms with Crippen LogP contribution in [0.15, 0.2) is 36.9 Å². The molecule has 118 valence electrons. The molecule has 1 heterocycles. The van der Waals surface area contributed by atoms with E-state index in [9.17, 15) is 9.18 Å². The van der Waals surface area contributed by atoms with Crippen LogP contribution in [0, 0.1) is 5.82 Å². The van der Waals surface area contributed by atoms with Gasteiger partial charge in [-0.15, -0.1) is 0 Å². The maximum Gasteiger partial charge on any atom is 0.338 e. The maximum atomic E-state index is 13.6. The molecule has 4 heteroatoms. The number of halogens is 1. The third-order valence-electron chi connectivity index (χ3n) is 4.07. The minimum Gasteiger partial charge on any atom is -0.488 e. The summed E-state index contributed by atoms with van der Waals surface area (Å²) in [7, 11) is 1.34. The Morgan fingerprint density at radius 3 is 2.74 bits per heavy atom. The summed E-state index contributed by atoms with van der Waals surface area (Å²) in [6.07, 6.45) is 0.717. The van der Waals surface area contributed by atoms with E-state index < -0.39 is 5.97 Å². The van der Waals surface area contributed by atoms with Crippen molar-refractivity contribution in [1.29, 1.82) is 0 Å². The van der Waals surface area contributed by atoms with Crippen LogP contribution in [0.1, 0.15) is 34.8 Å². The van der Waals surface area contributed by atoms with Crippen molar-refractivity contribution in [3.63, 3.8) is 0 Å². The molecule has 0 saturated carbocycles. The van der Waals surface area contributed by atoms with Crippen molar-refractivity contribution < 1.29 is 18.7 Å². The molecule has 3 nitrogen and oxygen atoms in total. The van der Waals surface area contributed by atoms with Crippen molar-refractivity contribution in [3.05, 3.63) is 59.4 Å². The lowest BCUT2D eigenvalue weighted by Gasteiger charge is -2.23. The lowest BCUT2D eigenvalue weighted by molar-refractivity contribution is 0.0600. The van der Waals surface area contributed by atoms with Crippen molar-refractivity contribution in [3.8, 4) is 16.9 Å². The molecule has 0 aromatic heterocycles. The molecule has 0 amide bonds. The molecular formula is C19H17FO3. The fourth-order valence-corrected chi connectivity index (χ4v) is 2.77. The molecule has 3 rings (SSSR count). The van der Waals surface area contributed by atoms with E-state index in [2.05, 4.69) is 6.58 Å². The summed E-state index contributed by atoms with van der Waals surface area (Å²) in [5, 5.41) is 0. The molecular weight excluding hydrogens is 295 g/mol. The van der Waals surface area contributed by atoms with Gasteiger partial charge in [0.2, 0.25) is 0 Å². The lowest BCUT2D eigenvalue weighted by atomic mass is 9.89. The Morgan fingerprint density at radius 2 is 2.04 bits per heavy atom. The summed E-state index contributed by atoms with van der Waals surface area (Å²) in [5.74, 6) is -0.166. The zero-order chi connectivity index (χ0) is 16.6. The molecule has 0 fully saturated rings. The molecule has 0 bridgehead atoms. The van der Waals surface area contributed by atoms with Crippen molar-refractivity contribution in [1.82, 2.24) is 0 Å². The van der Waals surface area contributed by atoms with Gasteiger partial charge in [0.1, 0.15) is 18.2 Å². The van der Waals surface area contributed by atoms with E-state index in [4.69, 9.17) is 9.47 Å². The predicted molar refractivity (Wildman–Crippen MR) is 86.8 cm³/mol. The van der Waals surface area contributed by atoms with Crippen LogP contribution in [-0.4, -0.2) is 13.1 Å². The normalized spacial score (nSPS) is 12.0. The topological polar surface area (TPSA) is 35.5 Å². The Balaban J connectivity index is 2.25. The zero-order valence-corrected chi connectivity index (χ0v) is 13.1. The first-order valence-electron chi connectivity index (χ1n) is 7.41. The monoisotopic (exact) mass is 312 g/mol. The van der Waals surface area contributed by atoms with Gasteiger partial charge in [0.15, 0.2) is 0 Å². The molecule has 0 N–H and O–H groups in total. The fourth-order valence-electron chi connectivity index (χ4n) is 2.77. The van der Waals surface area contributed by atoms with E-state index in [0.29, 0.717) is 23.5 Å². The zero-order valence-electron chi connectivity index (χ0n) is 13.1. The number of ether oxygens (including phenoxy) is 2. The number of hydrogen-bond acceptors (Lipinski definition) is 3. The van der Waals surface area contributed by atoms with Crippen LogP contribution in [0.2, 0.25) is 0 Å². The van der Waals surface area contributed by atoms with Gasteiger partial charge in [-0.3, -0.25) is 0 Å². The van der Waals surface area contributed by atoms with E-state index in [0.717, 1.165) is 28.7 Å². The van der Waals surface area contributed by atoms with Gasteiger partial charge in [0.05, 0.1) is 12.7 Å². The molecule has 0 radical (unpaired) electrons. The Bertz CT molecular complexity index is 809. The van der Waals surface area contributed by atoms with Crippen LogP contribution in [-0.2, 0) is 11.3 Å². The molecule has 0 saturated heterocycles. The highest BCUT2D eigenvalue weighted by Gasteiger charge is 2.23. The van der Waals surface area contributed by atoms with Crippen molar-refractivity contribution >= 4 is 11.5 Å². The summed E-state index contributed by atoms with van der Waals surface area (Å²) in [6.45, 7) is 6.37. The van der Waals surface area contributed by atoms with Crippen LogP contribution in [0.4, 0.5) is 4.39 Å². The van der Waals surface area contributed by atoms with E-state index in [-0.39, 0.29) is 5.82 Å². The number of allylic oxidation sites excluding steroid dienone is 1. The van der Waals surface area contributed by atoms with Crippen LogP contribution < -0.4 is 4.74 Å². The Hall–Kier alpha value is -2.62. The minimum absolute atomic E-state index is 0.345. The Kier molecular flexibility index (Phi) is 3.90. The number of rotatable bonds is 3. The average Bonchev–Trinajstić information content (AvgIpc) is 2.58. The highest BCUT2D eigenvalue weighted by atomic mass is 19.1. The number of fused-ring (bicyclic) bond motifs is 3. The summed E-state index contributed by atoms with van der Waals surface area (Å²) >= 11 is 0. The molecule has 0 aliphatic carbocycles. The highest BCUT2D eigenvalue weighted by Crippen LogP contribution is 2.40. The summed E-state index contributed by atoms with van der Waals surface area (Å²) in [5.41, 5.74) is 4.37. The standard InChI is InChI=1S/C19H17FO3/c1-4-11(2)14-7-12-10-23-18-6-5-13(20)8-16(18)15(12)9-17(14)19(21)22-3/h5-9H,2,4,10H2,1,3H3. The molecule has 1 aliphatic rings. The predicted octanol–water partition coefficient (Wildman–Crippen LogP) is 4.59. The van der Waals surface area contributed by atoms with Gasteiger partial charge >= 0.3 is 5.97 Å². The average molecular weight is 312 g/mol. The maximum absolute atomic E-state index is 13.6. The molecule has 23 heavy (non-hydrogen) atoms. The van der Waals surface area contributed by atoms with Gasteiger partial charge in [0.25, 0.3) is 0 Å². The summed E-state index contributed by atoms with van der Waals surface area (Å²) < 4.78 is 24.2. The van der Waals surface area contributed by atoms with Crippen molar-refractivity contribution in [2.24, 2.45) is 0 Å². The van der Waals surface area contributed by atoms with Crippen LogP contribution in [0.3, 0.4) is 0 Å².